The van der Waals surface area contributed by atoms with Crippen LogP contribution in [0, 0.1) is 17.8 Å². The lowest BCUT2D eigenvalue weighted by molar-refractivity contribution is -0.140. The quantitative estimate of drug-likeness (QED) is 0.720. The molecule has 0 aromatic rings. The molecular formula is C12H20N2O2. The van der Waals surface area contributed by atoms with Crippen molar-refractivity contribution in [3.8, 4) is 0 Å². The lowest BCUT2D eigenvalue weighted by Crippen LogP contribution is -2.36. The van der Waals surface area contributed by atoms with Crippen molar-refractivity contribution in [2.24, 2.45) is 23.5 Å². The fourth-order valence-corrected chi connectivity index (χ4v) is 2.80. The fraction of sp³-hybridized carbons (Fsp3) is 0.833. The summed E-state index contributed by atoms with van der Waals surface area (Å²) < 4.78 is 0. The van der Waals surface area contributed by atoms with E-state index in [1.54, 1.807) is 0 Å². The smallest absolute Gasteiger partial charge is 0.233 e. The van der Waals surface area contributed by atoms with Crippen LogP contribution in [0.25, 0.3) is 0 Å². The number of rotatable bonds is 3. The van der Waals surface area contributed by atoms with Gasteiger partial charge in [-0.1, -0.05) is 19.8 Å². The van der Waals surface area contributed by atoms with Crippen molar-refractivity contribution in [1.82, 2.24) is 4.90 Å². The Bertz CT molecular complexity index is 279. The Morgan fingerprint density at radius 1 is 1.25 bits per heavy atom. The maximum absolute atomic E-state index is 12.1. The van der Waals surface area contributed by atoms with Crippen molar-refractivity contribution < 1.29 is 9.59 Å². The molecule has 2 amide bonds. The van der Waals surface area contributed by atoms with E-state index in [-0.39, 0.29) is 29.6 Å². The topological polar surface area (TPSA) is 63.4 Å². The average molecular weight is 224 g/mol. The van der Waals surface area contributed by atoms with Crippen LogP contribution in [-0.4, -0.2) is 29.8 Å². The highest BCUT2D eigenvalue weighted by Gasteiger charge is 2.47. The van der Waals surface area contributed by atoms with Crippen LogP contribution in [0.4, 0.5) is 0 Å². The minimum Gasteiger partial charge on any atom is -0.330 e. The van der Waals surface area contributed by atoms with Crippen molar-refractivity contribution in [1.29, 1.82) is 0 Å². The molecule has 4 nitrogen and oxygen atoms in total. The summed E-state index contributed by atoms with van der Waals surface area (Å²) in [4.78, 5) is 25.6. The van der Waals surface area contributed by atoms with Crippen molar-refractivity contribution in [2.75, 3.05) is 13.1 Å². The van der Waals surface area contributed by atoms with Gasteiger partial charge in [-0.15, -0.1) is 0 Å². The highest BCUT2D eigenvalue weighted by Crippen LogP contribution is 2.38. The molecule has 1 aliphatic heterocycles. The molecule has 1 heterocycles. The molecule has 16 heavy (non-hydrogen) atoms. The van der Waals surface area contributed by atoms with E-state index in [9.17, 15) is 9.59 Å². The number of carbonyl (C=O) groups excluding carboxylic acids is 2. The normalized spacial score (nSPS) is 31.8. The summed E-state index contributed by atoms with van der Waals surface area (Å²) in [6.45, 7) is 3.00. The second-order valence-electron chi connectivity index (χ2n) is 5.13. The maximum atomic E-state index is 12.1. The van der Waals surface area contributed by atoms with E-state index in [0.29, 0.717) is 13.1 Å². The van der Waals surface area contributed by atoms with Gasteiger partial charge in [0.05, 0.1) is 11.8 Å². The third-order valence-electron chi connectivity index (χ3n) is 3.83. The molecule has 2 rings (SSSR count). The van der Waals surface area contributed by atoms with Gasteiger partial charge in [-0.05, 0) is 25.3 Å². The van der Waals surface area contributed by atoms with Crippen LogP contribution in [0.2, 0.25) is 0 Å². The second-order valence-corrected chi connectivity index (χ2v) is 5.13. The maximum Gasteiger partial charge on any atom is 0.233 e. The molecule has 0 aromatic carbocycles. The SMILES string of the molecule is CC(CN)CN1C(=O)C2CCCCC2C1=O. The van der Waals surface area contributed by atoms with E-state index in [1.807, 2.05) is 6.92 Å². The summed E-state index contributed by atoms with van der Waals surface area (Å²) >= 11 is 0. The summed E-state index contributed by atoms with van der Waals surface area (Å²) in [5.74, 6) is 0.260. The zero-order chi connectivity index (χ0) is 11.7. The lowest BCUT2D eigenvalue weighted by atomic mass is 9.81. The van der Waals surface area contributed by atoms with Gasteiger partial charge in [0.2, 0.25) is 11.8 Å². The highest BCUT2D eigenvalue weighted by molar-refractivity contribution is 6.05. The molecule has 4 heteroatoms. The molecule has 0 radical (unpaired) electrons. The van der Waals surface area contributed by atoms with Gasteiger partial charge >= 0.3 is 0 Å². The van der Waals surface area contributed by atoms with Crippen LogP contribution < -0.4 is 5.73 Å². The average Bonchev–Trinajstić information content (AvgIpc) is 2.55. The zero-order valence-electron chi connectivity index (χ0n) is 9.82. The number of amides is 2. The Hall–Kier alpha value is -0.900. The van der Waals surface area contributed by atoms with Gasteiger partial charge < -0.3 is 5.73 Å². The third kappa shape index (κ3) is 1.86. The Morgan fingerprint density at radius 3 is 2.19 bits per heavy atom. The lowest BCUT2D eigenvalue weighted by Gasteiger charge is -2.19. The summed E-state index contributed by atoms with van der Waals surface area (Å²) in [6, 6.07) is 0. The molecule has 2 aliphatic rings. The van der Waals surface area contributed by atoms with Gasteiger partial charge in [-0.25, -0.2) is 0 Å². The van der Waals surface area contributed by atoms with Gasteiger partial charge in [-0.3, -0.25) is 14.5 Å². The first kappa shape index (κ1) is 11.6. The largest absolute Gasteiger partial charge is 0.330 e. The zero-order valence-corrected chi connectivity index (χ0v) is 9.82. The molecule has 0 spiro atoms. The van der Waals surface area contributed by atoms with Crippen LogP contribution >= 0.6 is 0 Å². The number of hydrogen-bond acceptors (Lipinski definition) is 3. The molecule has 2 N–H and O–H groups in total. The van der Waals surface area contributed by atoms with Gasteiger partial charge in [0, 0.05) is 6.54 Å². The number of imide groups is 1. The number of nitrogens with two attached hydrogens (primary N) is 1. The number of hydrogen-bond donors (Lipinski definition) is 1. The van der Waals surface area contributed by atoms with Crippen molar-refractivity contribution >= 4 is 11.8 Å². The predicted octanol–water partition coefficient (Wildman–Crippen LogP) is 0.756. The molecule has 1 saturated carbocycles. The second kappa shape index (κ2) is 4.53. The van der Waals surface area contributed by atoms with E-state index >= 15 is 0 Å². The molecule has 3 unspecified atom stereocenters. The number of carbonyl (C=O) groups is 2. The standard InChI is InChI=1S/C12H20N2O2/c1-8(6-13)7-14-11(15)9-4-2-3-5-10(9)12(14)16/h8-10H,2-7,13H2,1H3. The minimum atomic E-state index is -0.0220. The van der Waals surface area contributed by atoms with E-state index in [0.717, 1.165) is 25.7 Å². The molecule has 1 saturated heterocycles. The Labute approximate surface area is 96.2 Å². The van der Waals surface area contributed by atoms with Gasteiger partial charge in [0.25, 0.3) is 0 Å². The molecule has 0 aromatic heterocycles. The van der Waals surface area contributed by atoms with Gasteiger partial charge in [0.1, 0.15) is 0 Å². The Kier molecular flexibility index (Phi) is 3.28. The monoisotopic (exact) mass is 224 g/mol. The number of nitrogens with zero attached hydrogens (tertiary/aromatic N) is 1. The first-order chi connectivity index (χ1) is 7.65. The minimum absolute atomic E-state index is 0.0220. The van der Waals surface area contributed by atoms with Crippen LogP contribution in [0.1, 0.15) is 32.6 Å². The van der Waals surface area contributed by atoms with Crippen LogP contribution in [0.5, 0.6) is 0 Å². The van der Waals surface area contributed by atoms with Gasteiger partial charge in [-0.2, -0.15) is 0 Å². The van der Waals surface area contributed by atoms with Crippen LogP contribution in [-0.2, 0) is 9.59 Å². The molecule has 2 fully saturated rings. The Balaban J connectivity index is 2.09. The Morgan fingerprint density at radius 2 is 1.75 bits per heavy atom. The van der Waals surface area contributed by atoms with Gasteiger partial charge in [0.15, 0.2) is 0 Å². The van der Waals surface area contributed by atoms with Crippen LogP contribution in [0.15, 0.2) is 0 Å². The summed E-state index contributed by atoms with van der Waals surface area (Å²) in [5.41, 5.74) is 5.54. The summed E-state index contributed by atoms with van der Waals surface area (Å²) in [6.07, 6.45) is 3.95. The molecule has 1 aliphatic carbocycles. The first-order valence-electron chi connectivity index (χ1n) is 6.20. The number of likely N-dealkylation sites (tertiary alicyclic amines) is 1. The van der Waals surface area contributed by atoms with Crippen LogP contribution in [0.3, 0.4) is 0 Å². The van der Waals surface area contributed by atoms with Crippen molar-refractivity contribution in [3.63, 3.8) is 0 Å². The predicted molar refractivity (Wildman–Crippen MR) is 60.4 cm³/mol. The highest BCUT2D eigenvalue weighted by atomic mass is 16.2. The summed E-state index contributed by atoms with van der Waals surface area (Å²) in [7, 11) is 0. The first-order valence-corrected chi connectivity index (χ1v) is 6.20. The third-order valence-corrected chi connectivity index (χ3v) is 3.83. The molecule has 0 bridgehead atoms. The van der Waals surface area contributed by atoms with Crippen molar-refractivity contribution in [3.05, 3.63) is 0 Å². The molecular weight excluding hydrogens is 204 g/mol. The molecule has 3 atom stereocenters. The van der Waals surface area contributed by atoms with E-state index < -0.39 is 0 Å². The van der Waals surface area contributed by atoms with E-state index in [4.69, 9.17) is 5.73 Å². The summed E-state index contributed by atoms with van der Waals surface area (Å²) in [5, 5.41) is 0. The molecule has 90 valence electrons. The fourth-order valence-electron chi connectivity index (χ4n) is 2.80. The van der Waals surface area contributed by atoms with E-state index in [1.165, 1.54) is 4.90 Å². The van der Waals surface area contributed by atoms with Crippen molar-refractivity contribution in [2.45, 2.75) is 32.6 Å². The number of fused-ring (bicyclic) bond motifs is 1. The van der Waals surface area contributed by atoms with E-state index in [2.05, 4.69) is 0 Å².